The normalized spacial score (nSPS) is 19.3. The average Bonchev–Trinajstić information content (AvgIpc) is 3.70. The first-order valence-corrected chi connectivity index (χ1v) is 21.4. The zero-order valence-electron chi connectivity index (χ0n) is 41.9. The van der Waals surface area contributed by atoms with E-state index in [1.54, 1.807) is 4.90 Å². The van der Waals surface area contributed by atoms with Gasteiger partial charge in [-0.15, -0.1) is 0 Å². The zero-order valence-corrected chi connectivity index (χ0v) is 33.9. The number of fused-ring (bicyclic) bond motifs is 7. The molecule has 12 rings (SSSR count). The van der Waals surface area contributed by atoms with Crippen molar-refractivity contribution in [3.05, 3.63) is 263 Å². The van der Waals surface area contributed by atoms with E-state index in [1.807, 2.05) is 146 Å². The van der Waals surface area contributed by atoms with Crippen LogP contribution in [0.1, 0.15) is 62.7 Å². The molecule has 1 nitrogen and oxygen atoms in total. The summed E-state index contributed by atoms with van der Waals surface area (Å²) >= 11 is 0. The summed E-state index contributed by atoms with van der Waals surface area (Å²) in [6.07, 6.45) is 4.21. The number of rotatable bonds is 7. The molecular weight excluding hydrogens is 747 g/mol. The van der Waals surface area contributed by atoms with Gasteiger partial charge in [-0.25, -0.2) is 0 Å². The van der Waals surface area contributed by atoms with Gasteiger partial charge in [-0.1, -0.05) is 200 Å². The summed E-state index contributed by atoms with van der Waals surface area (Å²) in [5.41, 5.74) is 8.85. The van der Waals surface area contributed by atoms with Gasteiger partial charge in [-0.3, -0.25) is 0 Å². The highest BCUT2D eigenvalue weighted by atomic mass is 15.2. The number of nitrogens with zero attached hydrogens (tertiary/aromatic N) is 1. The van der Waals surface area contributed by atoms with Gasteiger partial charge in [0, 0.05) is 12.7 Å². The van der Waals surface area contributed by atoms with E-state index < -0.39 is 17.9 Å². The van der Waals surface area contributed by atoms with Gasteiger partial charge in [0.2, 0.25) is 0 Å². The molecule has 0 spiro atoms. The first-order valence-electron chi connectivity index (χ1n) is 25.4. The molecule has 3 aliphatic rings. The van der Waals surface area contributed by atoms with E-state index in [-0.39, 0.29) is 59.1 Å². The van der Waals surface area contributed by atoms with Crippen molar-refractivity contribution < 1.29 is 11.0 Å². The second-order valence-corrected chi connectivity index (χ2v) is 16.3. The lowest BCUT2D eigenvalue weighted by Gasteiger charge is -2.36. The van der Waals surface area contributed by atoms with Crippen LogP contribution in [0.25, 0.3) is 55.4 Å². The summed E-state index contributed by atoms with van der Waals surface area (Å²) in [6.45, 7) is 0. The van der Waals surface area contributed by atoms with E-state index in [0.29, 0.717) is 16.8 Å². The minimum absolute atomic E-state index is 0.133. The molecule has 1 heteroatoms. The van der Waals surface area contributed by atoms with Crippen molar-refractivity contribution in [2.24, 2.45) is 0 Å². The monoisotopic (exact) mass is 799 g/mol. The van der Waals surface area contributed by atoms with E-state index in [4.69, 9.17) is 0 Å². The third kappa shape index (κ3) is 5.76. The van der Waals surface area contributed by atoms with Crippen LogP contribution in [0.5, 0.6) is 0 Å². The molecule has 0 saturated carbocycles. The highest BCUT2D eigenvalue weighted by Crippen LogP contribution is 2.57. The van der Waals surface area contributed by atoms with Gasteiger partial charge in [-0.2, -0.15) is 0 Å². The Morgan fingerprint density at radius 1 is 0.548 bits per heavy atom. The van der Waals surface area contributed by atoms with Crippen LogP contribution in [0.2, 0.25) is 0 Å². The Morgan fingerprint density at radius 2 is 1.23 bits per heavy atom. The molecule has 62 heavy (non-hydrogen) atoms. The lowest BCUT2D eigenvalue weighted by atomic mass is 9.67. The third-order valence-corrected chi connectivity index (χ3v) is 12.9. The van der Waals surface area contributed by atoms with Crippen molar-refractivity contribution in [1.82, 2.24) is 0 Å². The standard InChI is InChI=1S/C61H45N/c1-3-19-46(20-4-1)61(47-21-5-2-6-22-47)59-29-14-13-27-56(59)57-39-38-50(41-60(57)61)62(48-34-30-43(31-35-48)52-28-15-18-42-16-7-9-23-51(42)52)49-36-32-44(33-37-49)58-40-45-17-8-10-24-53(45)54-25-11-12-26-55(54)58/h1-6,8-15,17-36,38-41,49H,7,16,37H2/i30D,31D,32D,33D,34D,35D,36D,37D. The molecule has 3 aliphatic carbocycles. The van der Waals surface area contributed by atoms with Crippen molar-refractivity contribution in [1.29, 1.82) is 0 Å². The van der Waals surface area contributed by atoms with Gasteiger partial charge in [0.1, 0.15) is 0 Å². The molecule has 0 heterocycles. The topological polar surface area (TPSA) is 3.24 Å². The Balaban J connectivity index is 1.13. The van der Waals surface area contributed by atoms with Crippen molar-refractivity contribution in [2.75, 3.05) is 4.90 Å². The van der Waals surface area contributed by atoms with E-state index in [1.165, 1.54) is 0 Å². The average molecular weight is 800 g/mol. The number of allylic oxidation sites excluding steroid dienone is 3. The lowest BCUT2D eigenvalue weighted by Crippen LogP contribution is -2.31. The molecule has 294 valence electrons. The van der Waals surface area contributed by atoms with E-state index in [9.17, 15) is 11.0 Å². The van der Waals surface area contributed by atoms with Gasteiger partial charge in [0.15, 0.2) is 0 Å². The minimum Gasteiger partial charge on any atom is -0.334 e. The zero-order chi connectivity index (χ0) is 48.0. The summed E-state index contributed by atoms with van der Waals surface area (Å²) in [4.78, 5) is 1.56. The van der Waals surface area contributed by atoms with E-state index in [0.717, 1.165) is 78.9 Å². The maximum absolute atomic E-state index is 10.1. The van der Waals surface area contributed by atoms with Crippen LogP contribution in [-0.4, -0.2) is 6.04 Å². The number of aryl methyl sites for hydroxylation is 1. The molecule has 0 fully saturated rings. The Bertz CT molecular complexity index is 3660. The molecule has 9 aromatic carbocycles. The van der Waals surface area contributed by atoms with E-state index >= 15 is 0 Å². The Hall–Kier alpha value is -7.48. The maximum atomic E-state index is 10.1. The van der Waals surface area contributed by atoms with Crippen LogP contribution in [0.15, 0.2) is 224 Å². The molecule has 0 radical (unpaired) electrons. The second kappa shape index (κ2) is 14.9. The van der Waals surface area contributed by atoms with Crippen molar-refractivity contribution in [2.45, 2.75) is 30.7 Å². The van der Waals surface area contributed by atoms with Crippen LogP contribution in [0.3, 0.4) is 0 Å². The van der Waals surface area contributed by atoms with Crippen molar-refractivity contribution >= 4 is 44.6 Å². The summed E-state index contributed by atoms with van der Waals surface area (Å²) in [5, 5.41) is 3.64. The van der Waals surface area contributed by atoms with Crippen LogP contribution in [0, 0.1) is 0 Å². The largest absolute Gasteiger partial charge is 0.334 e. The molecule has 0 N–H and O–H groups in total. The quantitative estimate of drug-likeness (QED) is 0.145. The minimum atomic E-state index is -1.51. The number of anilines is 2. The first-order chi connectivity index (χ1) is 34.1. The summed E-state index contributed by atoms with van der Waals surface area (Å²) in [7, 11) is 0. The Labute approximate surface area is 375 Å². The highest BCUT2D eigenvalue weighted by Gasteiger charge is 2.46. The van der Waals surface area contributed by atoms with Crippen LogP contribution in [0.4, 0.5) is 11.4 Å². The molecule has 2 atom stereocenters. The van der Waals surface area contributed by atoms with Gasteiger partial charge in [0.25, 0.3) is 0 Å². The summed E-state index contributed by atoms with van der Waals surface area (Å²) in [6, 6.07) is 55.0. The predicted octanol–water partition coefficient (Wildman–Crippen LogP) is 15.5. The molecule has 9 aromatic rings. The molecule has 0 bridgehead atoms. The fourth-order valence-corrected chi connectivity index (χ4v) is 10.2. The van der Waals surface area contributed by atoms with Gasteiger partial charge >= 0.3 is 0 Å². The lowest BCUT2D eigenvalue weighted by molar-refractivity contribution is 0.761. The smallest absolute Gasteiger partial charge is 0.0714 e. The molecule has 0 saturated heterocycles. The van der Waals surface area contributed by atoms with Gasteiger partial charge in [-0.05, 0) is 138 Å². The first kappa shape index (κ1) is 28.9. The Morgan fingerprint density at radius 3 is 2.03 bits per heavy atom. The van der Waals surface area contributed by atoms with Crippen LogP contribution in [-0.2, 0) is 11.8 Å². The fourth-order valence-electron chi connectivity index (χ4n) is 10.2. The second-order valence-electron chi connectivity index (χ2n) is 16.3. The number of hydrogen-bond donors (Lipinski definition) is 0. The Kier molecular flexibility index (Phi) is 6.95. The maximum Gasteiger partial charge on any atom is 0.0714 e. The predicted molar refractivity (Wildman–Crippen MR) is 262 cm³/mol. The molecule has 0 amide bonds. The molecule has 0 aromatic heterocycles. The SMILES string of the molecule is [2H]C1=C([2H])C(N(c2ccc3c(c2)C(c2ccccc2)(c2ccccc2)c2ccccc2-3)c2c([2H])c([2H])c(-c3cccc4c3C=CCC4)c([2H])c2[2H])C([2H])C([2H])=C1c1cc2ccccc2c2ccccc12. The highest BCUT2D eigenvalue weighted by molar-refractivity contribution is 6.12. The van der Waals surface area contributed by atoms with Crippen molar-refractivity contribution in [3.8, 4) is 22.3 Å². The third-order valence-electron chi connectivity index (χ3n) is 12.9. The number of hydrogen-bond acceptors (Lipinski definition) is 1. The number of benzene rings is 9. The van der Waals surface area contributed by atoms with E-state index in [2.05, 4.69) is 42.5 Å². The van der Waals surface area contributed by atoms with Crippen molar-refractivity contribution in [3.63, 3.8) is 0 Å². The van der Waals surface area contributed by atoms with Crippen LogP contribution < -0.4 is 4.90 Å². The summed E-state index contributed by atoms with van der Waals surface area (Å²) < 4.78 is 79.3. The molecule has 0 aliphatic heterocycles. The van der Waals surface area contributed by atoms with Gasteiger partial charge < -0.3 is 4.90 Å². The fraction of sp³-hybridized carbons (Fsp3) is 0.0820. The summed E-state index contributed by atoms with van der Waals surface area (Å²) in [5.74, 6) is 0. The van der Waals surface area contributed by atoms with Gasteiger partial charge in [0.05, 0.1) is 21.1 Å². The molecule has 2 unspecified atom stereocenters. The van der Waals surface area contributed by atoms with Crippen LogP contribution >= 0.6 is 0 Å². The molecular formula is C61H45N.